The zero-order valence-electron chi connectivity index (χ0n) is 18.9. The third kappa shape index (κ3) is 5.71. The Labute approximate surface area is 194 Å². The van der Waals surface area contributed by atoms with E-state index in [0.717, 1.165) is 43.6 Å². The van der Waals surface area contributed by atoms with Gasteiger partial charge < -0.3 is 21.1 Å². The predicted octanol–water partition coefficient (Wildman–Crippen LogP) is 2.68. The number of aliphatic carboxylic acids is 1. The number of nitrogens with two attached hydrogens (primary N) is 1. The Bertz CT molecular complexity index is 685. The summed E-state index contributed by atoms with van der Waals surface area (Å²) in [5.41, 5.74) is 5.72. The maximum absolute atomic E-state index is 13.7. The van der Waals surface area contributed by atoms with Gasteiger partial charge in [0.1, 0.15) is 12.1 Å². The first-order valence-electron chi connectivity index (χ1n) is 11.4. The van der Waals surface area contributed by atoms with E-state index in [1.807, 2.05) is 20.8 Å². The third-order valence-corrected chi connectivity index (χ3v) is 10.1. The highest BCUT2D eigenvalue weighted by atomic mass is 32.2. The molecule has 4 N–H and O–H groups in total. The number of nitrogens with zero attached hydrogens (tertiary/aromatic N) is 1. The fourth-order valence-corrected chi connectivity index (χ4v) is 8.23. The maximum atomic E-state index is 13.7. The second-order valence-corrected chi connectivity index (χ2v) is 13.4. The quantitative estimate of drug-likeness (QED) is 0.565. The van der Waals surface area contributed by atoms with E-state index in [1.165, 1.54) is 11.3 Å². The lowest BCUT2D eigenvalue weighted by Gasteiger charge is -2.37. The van der Waals surface area contributed by atoms with Crippen LogP contribution in [0.4, 0.5) is 0 Å². The number of amides is 2. The van der Waals surface area contributed by atoms with Crippen LogP contribution >= 0.6 is 23.5 Å². The zero-order valence-corrected chi connectivity index (χ0v) is 20.5. The van der Waals surface area contributed by atoms with Crippen LogP contribution in [0.2, 0.25) is 0 Å². The van der Waals surface area contributed by atoms with Crippen LogP contribution in [0.1, 0.15) is 65.7 Å². The number of hydrogen-bond acceptors (Lipinski definition) is 6. The number of carboxylic acid groups (broad SMARTS) is 1. The van der Waals surface area contributed by atoms with E-state index in [2.05, 4.69) is 5.32 Å². The van der Waals surface area contributed by atoms with Crippen molar-refractivity contribution in [3.8, 4) is 0 Å². The number of carbonyl (C=O) groups excluding carboxylic acids is 2. The van der Waals surface area contributed by atoms with E-state index in [1.54, 1.807) is 23.5 Å². The minimum atomic E-state index is -0.977. The Morgan fingerprint density at radius 3 is 2.26 bits per heavy atom. The number of hydrogen-bond donors (Lipinski definition) is 3. The smallest absolute Gasteiger partial charge is 0.326 e. The van der Waals surface area contributed by atoms with Gasteiger partial charge in [-0.25, -0.2) is 4.79 Å². The minimum absolute atomic E-state index is 0.140. The largest absolute Gasteiger partial charge is 0.480 e. The molecule has 3 atom stereocenters. The molecule has 2 heterocycles. The lowest BCUT2D eigenvalue weighted by atomic mass is 9.82. The van der Waals surface area contributed by atoms with Crippen LogP contribution < -0.4 is 11.1 Å². The number of carbonyl (C=O) groups is 3. The van der Waals surface area contributed by atoms with E-state index in [0.29, 0.717) is 13.0 Å². The summed E-state index contributed by atoms with van der Waals surface area (Å²) in [7, 11) is 0. The van der Waals surface area contributed by atoms with Gasteiger partial charge in [0.25, 0.3) is 0 Å². The van der Waals surface area contributed by atoms with Crippen molar-refractivity contribution in [3.63, 3.8) is 0 Å². The summed E-state index contributed by atoms with van der Waals surface area (Å²) in [6.45, 7) is 6.09. The van der Waals surface area contributed by atoms with Gasteiger partial charge in [0.15, 0.2) is 0 Å². The number of carboxylic acids is 1. The molecule has 1 spiro atoms. The number of likely N-dealkylation sites (tertiary alicyclic amines) is 1. The molecule has 3 aliphatic rings. The Kier molecular flexibility index (Phi) is 7.90. The van der Waals surface area contributed by atoms with Crippen LogP contribution in [-0.2, 0) is 14.4 Å². The van der Waals surface area contributed by atoms with Gasteiger partial charge in [-0.05, 0) is 42.1 Å². The first kappa shape index (κ1) is 24.7. The van der Waals surface area contributed by atoms with Crippen molar-refractivity contribution in [1.82, 2.24) is 10.2 Å². The highest BCUT2D eigenvalue weighted by molar-refractivity contribution is 8.18. The molecule has 0 bridgehead atoms. The van der Waals surface area contributed by atoms with Crippen LogP contribution in [0.3, 0.4) is 0 Å². The summed E-state index contributed by atoms with van der Waals surface area (Å²) in [5.74, 6) is 0.514. The molecule has 3 rings (SSSR count). The van der Waals surface area contributed by atoms with Crippen molar-refractivity contribution in [2.24, 2.45) is 17.1 Å². The lowest BCUT2D eigenvalue weighted by molar-refractivity contribution is -0.150. The van der Waals surface area contributed by atoms with Crippen LogP contribution in [0.5, 0.6) is 0 Å². The molecule has 7 nitrogen and oxygen atoms in total. The van der Waals surface area contributed by atoms with Gasteiger partial charge in [0, 0.05) is 13.0 Å². The monoisotopic (exact) mass is 471 g/mol. The molecule has 0 aromatic heterocycles. The molecule has 2 aliphatic heterocycles. The maximum Gasteiger partial charge on any atom is 0.326 e. The first-order valence-corrected chi connectivity index (χ1v) is 13.4. The van der Waals surface area contributed by atoms with Gasteiger partial charge in [-0.1, -0.05) is 40.0 Å². The second kappa shape index (κ2) is 9.91. The van der Waals surface area contributed by atoms with Gasteiger partial charge >= 0.3 is 5.97 Å². The number of rotatable bonds is 5. The topological polar surface area (TPSA) is 113 Å². The molecule has 1 aliphatic carbocycles. The van der Waals surface area contributed by atoms with Gasteiger partial charge in [-0.3, -0.25) is 9.59 Å². The third-order valence-electron chi connectivity index (χ3n) is 6.74. The highest BCUT2D eigenvalue weighted by Gasteiger charge is 2.52. The Hall–Kier alpha value is -0.930. The standard InChI is InChI=1S/C22H37N3O4S2/c1-21(2,3)17(24-18(26)16(23)14-8-5-4-6-9-14)19(27)25-13-22(12-15(25)20(28)29)30-10-7-11-31-22/h14-17H,4-13,23H2,1-3H3,(H,24,26)(H,28,29). The molecule has 176 valence electrons. The average molecular weight is 472 g/mol. The second-order valence-electron chi connectivity index (χ2n) is 10.2. The van der Waals surface area contributed by atoms with E-state index in [4.69, 9.17) is 5.73 Å². The fourth-order valence-electron chi connectivity index (χ4n) is 4.88. The molecule has 0 radical (unpaired) electrons. The zero-order chi connectivity index (χ0) is 22.8. The molecule has 0 aromatic rings. The normalized spacial score (nSPS) is 26.5. The predicted molar refractivity (Wildman–Crippen MR) is 126 cm³/mol. The first-order chi connectivity index (χ1) is 14.5. The van der Waals surface area contributed by atoms with Crippen molar-refractivity contribution in [2.45, 2.75) is 87.9 Å². The number of nitrogens with one attached hydrogen (secondary N) is 1. The SMILES string of the molecule is CC(C)(C)C(NC(=O)C(N)C1CCCCC1)C(=O)N1CC2(CC1C(=O)O)SCCCS2. The summed E-state index contributed by atoms with van der Waals surface area (Å²) in [6, 6.07) is -2.31. The minimum Gasteiger partial charge on any atom is -0.480 e. The van der Waals surface area contributed by atoms with E-state index >= 15 is 0 Å². The van der Waals surface area contributed by atoms with E-state index < -0.39 is 29.5 Å². The molecule has 2 amide bonds. The van der Waals surface area contributed by atoms with Crippen molar-refractivity contribution in [2.75, 3.05) is 18.1 Å². The Balaban J connectivity index is 1.77. The van der Waals surface area contributed by atoms with Gasteiger partial charge in [-0.2, -0.15) is 0 Å². The molecular formula is C22H37N3O4S2. The Morgan fingerprint density at radius 1 is 1.10 bits per heavy atom. The summed E-state index contributed by atoms with van der Waals surface area (Å²) in [4.78, 5) is 40.2. The lowest BCUT2D eigenvalue weighted by Crippen LogP contribution is -2.60. The summed E-state index contributed by atoms with van der Waals surface area (Å²) in [6.07, 6.45) is 6.76. The van der Waals surface area contributed by atoms with Gasteiger partial charge in [-0.15, -0.1) is 23.5 Å². The number of thioether (sulfide) groups is 2. The molecule has 3 unspecified atom stereocenters. The molecular weight excluding hydrogens is 434 g/mol. The van der Waals surface area contributed by atoms with E-state index in [-0.39, 0.29) is 21.8 Å². The van der Waals surface area contributed by atoms with Gasteiger partial charge in [0.05, 0.1) is 10.1 Å². The van der Waals surface area contributed by atoms with Crippen molar-refractivity contribution in [3.05, 3.63) is 0 Å². The molecule has 3 fully saturated rings. The van der Waals surface area contributed by atoms with Gasteiger partial charge in [0.2, 0.25) is 11.8 Å². The van der Waals surface area contributed by atoms with Crippen LogP contribution in [-0.4, -0.2) is 68.0 Å². The Morgan fingerprint density at radius 2 is 1.71 bits per heavy atom. The summed E-state index contributed by atoms with van der Waals surface area (Å²) >= 11 is 3.54. The molecule has 2 saturated heterocycles. The summed E-state index contributed by atoms with van der Waals surface area (Å²) < 4.78 is -0.262. The highest BCUT2D eigenvalue weighted by Crippen LogP contribution is 2.50. The van der Waals surface area contributed by atoms with E-state index in [9.17, 15) is 19.5 Å². The van der Waals surface area contributed by atoms with Crippen molar-refractivity contribution in [1.29, 1.82) is 0 Å². The molecule has 31 heavy (non-hydrogen) atoms. The molecule has 0 aromatic carbocycles. The van der Waals surface area contributed by atoms with Crippen LogP contribution in [0, 0.1) is 11.3 Å². The van der Waals surface area contributed by atoms with Crippen molar-refractivity contribution < 1.29 is 19.5 Å². The molecule has 9 heteroatoms. The van der Waals surface area contributed by atoms with Crippen LogP contribution in [0.15, 0.2) is 0 Å². The van der Waals surface area contributed by atoms with Crippen LogP contribution in [0.25, 0.3) is 0 Å². The summed E-state index contributed by atoms with van der Waals surface area (Å²) in [5, 5.41) is 12.8. The van der Waals surface area contributed by atoms with Crippen molar-refractivity contribution >= 4 is 41.3 Å². The molecule has 1 saturated carbocycles. The average Bonchev–Trinajstić information content (AvgIpc) is 3.10. The fraction of sp³-hybridized carbons (Fsp3) is 0.864.